The van der Waals surface area contributed by atoms with Gasteiger partial charge in [0.1, 0.15) is 0 Å². The number of aliphatic carboxylic acids is 1. The molecule has 0 radical (unpaired) electrons. The Bertz CT molecular complexity index is 796. The SMILES string of the molecule is Cc1cc(Cl)ccc1C(=O)N1CCC(C(=O)O)(c2ccccc2)CC1. The summed E-state index contributed by atoms with van der Waals surface area (Å²) in [6, 6.07) is 14.5. The molecule has 4 nitrogen and oxygen atoms in total. The monoisotopic (exact) mass is 357 g/mol. The number of amides is 1. The number of carboxylic acid groups (broad SMARTS) is 1. The molecular formula is C20H20ClNO3. The number of halogens is 1. The first-order chi connectivity index (χ1) is 11.9. The van der Waals surface area contributed by atoms with Crippen molar-refractivity contribution in [2.75, 3.05) is 13.1 Å². The van der Waals surface area contributed by atoms with E-state index in [1.165, 1.54) is 0 Å². The highest BCUT2D eigenvalue weighted by Crippen LogP contribution is 2.36. The smallest absolute Gasteiger partial charge is 0.314 e. The summed E-state index contributed by atoms with van der Waals surface area (Å²) >= 11 is 5.96. The number of likely N-dealkylation sites (tertiary alicyclic amines) is 1. The van der Waals surface area contributed by atoms with Crippen LogP contribution < -0.4 is 0 Å². The summed E-state index contributed by atoms with van der Waals surface area (Å²) in [7, 11) is 0. The molecule has 0 aliphatic carbocycles. The molecule has 0 bridgehead atoms. The fourth-order valence-corrected chi connectivity index (χ4v) is 3.74. The van der Waals surface area contributed by atoms with E-state index < -0.39 is 11.4 Å². The van der Waals surface area contributed by atoms with Gasteiger partial charge in [-0.25, -0.2) is 0 Å². The average molecular weight is 358 g/mol. The second-order valence-corrected chi connectivity index (χ2v) is 6.94. The van der Waals surface area contributed by atoms with Gasteiger partial charge in [-0.3, -0.25) is 9.59 Å². The van der Waals surface area contributed by atoms with Crippen molar-refractivity contribution in [2.24, 2.45) is 0 Å². The minimum absolute atomic E-state index is 0.0683. The molecule has 2 aromatic rings. The van der Waals surface area contributed by atoms with Crippen LogP contribution in [0, 0.1) is 6.92 Å². The Labute approximate surface area is 152 Å². The standard InChI is InChI=1S/C20H20ClNO3/c1-14-13-16(21)7-8-17(14)18(23)22-11-9-20(10-12-22,19(24)25)15-5-3-2-4-6-15/h2-8,13H,9-12H2,1H3,(H,24,25). The van der Waals surface area contributed by atoms with Gasteiger partial charge in [-0.2, -0.15) is 0 Å². The normalized spacial score (nSPS) is 16.5. The average Bonchev–Trinajstić information content (AvgIpc) is 2.62. The number of hydrogen-bond donors (Lipinski definition) is 1. The van der Waals surface area contributed by atoms with Gasteiger partial charge >= 0.3 is 5.97 Å². The molecule has 130 valence electrons. The first-order valence-electron chi connectivity index (χ1n) is 8.28. The number of carbonyl (C=O) groups excluding carboxylic acids is 1. The molecule has 0 unspecified atom stereocenters. The minimum Gasteiger partial charge on any atom is -0.481 e. The van der Waals surface area contributed by atoms with Crippen molar-refractivity contribution < 1.29 is 14.7 Å². The molecule has 1 aliphatic rings. The van der Waals surface area contributed by atoms with E-state index in [0.29, 0.717) is 36.5 Å². The van der Waals surface area contributed by atoms with Crippen LogP contribution in [0.15, 0.2) is 48.5 Å². The van der Waals surface area contributed by atoms with Crippen molar-refractivity contribution in [3.05, 3.63) is 70.2 Å². The van der Waals surface area contributed by atoms with Crippen LogP contribution in [0.1, 0.15) is 34.3 Å². The number of piperidine rings is 1. The number of carbonyl (C=O) groups is 2. The predicted octanol–water partition coefficient (Wildman–Crippen LogP) is 3.91. The summed E-state index contributed by atoms with van der Waals surface area (Å²) in [6.07, 6.45) is 0.815. The zero-order chi connectivity index (χ0) is 18.0. The third-order valence-corrected chi connectivity index (χ3v) is 5.29. The summed E-state index contributed by atoms with van der Waals surface area (Å²) in [6.45, 7) is 2.69. The van der Waals surface area contributed by atoms with Crippen LogP contribution in [-0.4, -0.2) is 35.0 Å². The van der Waals surface area contributed by atoms with Crippen LogP contribution in [-0.2, 0) is 10.2 Å². The zero-order valence-corrected chi connectivity index (χ0v) is 14.8. The third kappa shape index (κ3) is 3.27. The van der Waals surface area contributed by atoms with Crippen molar-refractivity contribution in [1.29, 1.82) is 0 Å². The van der Waals surface area contributed by atoms with Crippen LogP contribution in [0.3, 0.4) is 0 Å². The van der Waals surface area contributed by atoms with Gasteiger partial charge in [0, 0.05) is 23.7 Å². The second-order valence-electron chi connectivity index (χ2n) is 6.50. The molecule has 0 aromatic heterocycles. The first kappa shape index (κ1) is 17.5. The Hall–Kier alpha value is -2.33. The molecule has 1 amide bonds. The highest BCUT2D eigenvalue weighted by atomic mass is 35.5. The lowest BCUT2D eigenvalue weighted by Gasteiger charge is -2.39. The number of carboxylic acids is 1. The van der Waals surface area contributed by atoms with E-state index in [-0.39, 0.29) is 5.91 Å². The van der Waals surface area contributed by atoms with E-state index in [1.54, 1.807) is 23.1 Å². The molecule has 2 aromatic carbocycles. The molecule has 0 saturated carbocycles. The fraction of sp³-hybridized carbons (Fsp3) is 0.300. The molecule has 1 heterocycles. The van der Waals surface area contributed by atoms with Gasteiger partial charge in [0.05, 0.1) is 5.41 Å². The lowest BCUT2D eigenvalue weighted by molar-refractivity contribution is -0.145. The van der Waals surface area contributed by atoms with Crippen LogP contribution in [0.4, 0.5) is 0 Å². The maximum atomic E-state index is 12.8. The summed E-state index contributed by atoms with van der Waals surface area (Å²) in [5.41, 5.74) is 1.33. The number of rotatable bonds is 3. The number of aryl methyl sites for hydroxylation is 1. The molecule has 0 spiro atoms. The van der Waals surface area contributed by atoms with Crippen LogP contribution in [0.2, 0.25) is 5.02 Å². The summed E-state index contributed by atoms with van der Waals surface area (Å²) in [5, 5.41) is 10.4. The number of benzene rings is 2. The van der Waals surface area contributed by atoms with E-state index >= 15 is 0 Å². The van der Waals surface area contributed by atoms with Crippen molar-refractivity contribution in [3.63, 3.8) is 0 Å². The van der Waals surface area contributed by atoms with Gasteiger partial charge in [-0.1, -0.05) is 41.9 Å². The lowest BCUT2D eigenvalue weighted by atomic mass is 9.72. The van der Waals surface area contributed by atoms with Gasteiger partial charge in [-0.15, -0.1) is 0 Å². The van der Waals surface area contributed by atoms with Gasteiger partial charge in [0.25, 0.3) is 5.91 Å². The Morgan fingerprint density at radius 3 is 2.28 bits per heavy atom. The summed E-state index contributed by atoms with van der Waals surface area (Å²) in [4.78, 5) is 26.5. The van der Waals surface area contributed by atoms with Crippen LogP contribution in [0.5, 0.6) is 0 Å². The van der Waals surface area contributed by atoms with E-state index in [1.807, 2.05) is 37.3 Å². The maximum Gasteiger partial charge on any atom is 0.314 e. The molecule has 0 atom stereocenters. The molecule has 25 heavy (non-hydrogen) atoms. The van der Waals surface area contributed by atoms with E-state index in [2.05, 4.69) is 0 Å². The predicted molar refractivity (Wildman–Crippen MR) is 97.1 cm³/mol. The molecule has 3 rings (SSSR count). The van der Waals surface area contributed by atoms with Crippen molar-refractivity contribution in [1.82, 2.24) is 4.90 Å². The van der Waals surface area contributed by atoms with Crippen molar-refractivity contribution >= 4 is 23.5 Å². The van der Waals surface area contributed by atoms with E-state index in [9.17, 15) is 14.7 Å². The largest absolute Gasteiger partial charge is 0.481 e. The lowest BCUT2D eigenvalue weighted by Crippen LogP contribution is -2.49. The number of nitrogens with zero attached hydrogens (tertiary/aromatic N) is 1. The van der Waals surface area contributed by atoms with Crippen molar-refractivity contribution in [3.8, 4) is 0 Å². The first-order valence-corrected chi connectivity index (χ1v) is 8.66. The molecule has 1 saturated heterocycles. The van der Waals surface area contributed by atoms with Crippen LogP contribution in [0.25, 0.3) is 0 Å². The minimum atomic E-state index is -0.924. The van der Waals surface area contributed by atoms with E-state index in [4.69, 9.17) is 11.6 Å². The zero-order valence-electron chi connectivity index (χ0n) is 14.0. The van der Waals surface area contributed by atoms with Crippen LogP contribution >= 0.6 is 11.6 Å². The van der Waals surface area contributed by atoms with Gasteiger partial charge < -0.3 is 10.0 Å². The highest BCUT2D eigenvalue weighted by molar-refractivity contribution is 6.30. The topological polar surface area (TPSA) is 57.6 Å². The Balaban J connectivity index is 1.80. The quantitative estimate of drug-likeness (QED) is 0.906. The van der Waals surface area contributed by atoms with Gasteiger partial charge in [0.2, 0.25) is 0 Å². The Kier molecular flexibility index (Phi) is 4.82. The maximum absolute atomic E-state index is 12.8. The second kappa shape index (κ2) is 6.89. The molecule has 1 N–H and O–H groups in total. The number of hydrogen-bond acceptors (Lipinski definition) is 2. The summed E-state index contributed by atoms with van der Waals surface area (Å²) < 4.78 is 0. The molecular weight excluding hydrogens is 338 g/mol. The Morgan fingerprint density at radius 2 is 1.72 bits per heavy atom. The highest BCUT2D eigenvalue weighted by Gasteiger charge is 2.43. The summed E-state index contributed by atoms with van der Waals surface area (Å²) in [5.74, 6) is -0.894. The molecule has 1 aliphatic heterocycles. The van der Waals surface area contributed by atoms with Crippen molar-refractivity contribution in [2.45, 2.75) is 25.2 Å². The third-order valence-electron chi connectivity index (χ3n) is 5.06. The van der Waals surface area contributed by atoms with Gasteiger partial charge in [-0.05, 0) is 49.1 Å². The van der Waals surface area contributed by atoms with E-state index in [0.717, 1.165) is 11.1 Å². The molecule has 5 heteroatoms. The fourth-order valence-electron chi connectivity index (χ4n) is 3.51. The van der Waals surface area contributed by atoms with Gasteiger partial charge in [0.15, 0.2) is 0 Å². The molecule has 1 fully saturated rings. The Morgan fingerprint density at radius 1 is 1.08 bits per heavy atom.